The van der Waals surface area contributed by atoms with E-state index in [1.807, 2.05) is 24.4 Å². The quantitative estimate of drug-likeness (QED) is 0.392. The predicted molar refractivity (Wildman–Crippen MR) is 136 cm³/mol. The van der Waals surface area contributed by atoms with Crippen molar-refractivity contribution in [1.29, 1.82) is 0 Å². The molecule has 2 amide bonds. The average molecular weight is 522 g/mol. The Morgan fingerprint density at radius 2 is 1.85 bits per heavy atom. The summed E-state index contributed by atoms with van der Waals surface area (Å²) in [5, 5.41) is 2.88. The second-order valence-corrected chi connectivity index (χ2v) is 9.04. The Hall–Kier alpha value is -3.59. The van der Waals surface area contributed by atoms with Crippen LogP contribution in [0.15, 0.2) is 65.3 Å². The zero-order chi connectivity index (χ0) is 23.7. The lowest BCUT2D eigenvalue weighted by Crippen LogP contribution is -2.38. The molecule has 34 heavy (non-hydrogen) atoms. The molecule has 0 bridgehead atoms. The molecule has 1 N–H and O–H groups in total. The second-order valence-electron chi connectivity index (χ2n) is 8.13. The molecule has 0 spiro atoms. The maximum Gasteiger partial charge on any atom is 0.339 e. The molecule has 0 aliphatic carbocycles. The molecular formula is C25H24BrN5O3. The van der Waals surface area contributed by atoms with Gasteiger partial charge in [-0.3, -0.25) is 0 Å². The molecule has 0 atom stereocenters. The zero-order valence-corrected chi connectivity index (χ0v) is 20.3. The van der Waals surface area contributed by atoms with Crippen LogP contribution < -0.4 is 10.2 Å². The number of hydrogen-bond acceptors (Lipinski definition) is 5. The third kappa shape index (κ3) is 4.19. The van der Waals surface area contributed by atoms with Gasteiger partial charge in [0.05, 0.1) is 34.9 Å². The van der Waals surface area contributed by atoms with Gasteiger partial charge in [-0.25, -0.2) is 14.6 Å². The summed E-state index contributed by atoms with van der Waals surface area (Å²) in [6.45, 7) is 2.59. The van der Waals surface area contributed by atoms with Gasteiger partial charge in [-0.05, 0) is 48.9 Å². The number of fused-ring (bicyclic) bond motifs is 3. The highest BCUT2D eigenvalue weighted by molar-refractivity contribution is 9.10. The number of aromatic nitrogens is 2. The van der Waals surface area contributed by atoms with Crippen LogP contribution >= 0.6 is 15.9 Å². The smallest absolute Gasteiger partial charge is 0.339 e. The van der Waals surface area contributed by atoms with Crippen molar-refractivity contribution in [3.8, 4) is 0 Å². The molecule has 4 aromatic rings. The fourth-order valence-corrected chi connectivity index (χ4v) is 4.72. The van der Waals surface area contributed by atoms with E-state index in [0.717, 1.165) is 39.8 Å². The fourth-order valence-electron chi connectivity index (χ4n) is 4.37. The highest BCUT2D eigenvalue weighted by atomic mass is 79.9. The summed E-state index contributed by atoms with van der Waals surface area (Å²) < 4.78 is 7.97. The maximum absolute atomic E-state index is 13.0. The number of carbonyl (C=O) groups excluding carboxylic acids is 2. The van der Waals surface area contributed by atoms with E-state index in [-0.39, 0.29) is 6.03 Å². The van der Waals surface area contributed by atoms with E-state index >= 15 is 0 Å². The molecule has 0 unspecified atom stereocenters. The van der Waals surface area contributed by atoms with Crippen molar-refractivity contribution in [3.63, 3.8) is 0 Å². The van der Waals surface area contributed by atoms with Crippen molar-refractivity contribution in [3.05, 3.63) is 70.8 Å². The number of methoxy groups -OCH3 is 1. The number of hydrogen-bond donors (Lipinski definition) is 1. The first-order valence-corrected chi connectivity index (χ1v) is 11.9. The number of esters is 1. The summed E-state index contributed by atoms with van der Waals surface area (Å²) in [6.07, 6.45) is 2.85. The summed E-state index contributed by atoms with van der Waals surface area (Å²) in [4.78, 5) is 34.1. The molecule has 3 heterocycles. The van der Waals surface area contributed by atoms with Gasteiger partial charge in [-0.15, -0.1) is 0 Å². The van der Waals surface area contributed by atoms with Crippen LogP contribution in [0.3, 0.4) is 0 Å². The molecule has 1 aliphatic heterocycles. The van der Waals surface area contributed by atoms with Gasteiger partial charge in [0.15, 0.2) is 5.82 Å². The van der Waals surface area contributed by atoms with Crippen LogP contribution in [0.2, 0.25) is 0 Å². The number of carbonyl (C=O) groups is 2. The van der Waals surface area contributed by atoms with Crippen molar-refractivity contribution in [2.75, 3.05) is 43.5 Å². The molecule has 9 heteroatoms. The number of amides is 2. The number of anilines is 2. The Bertz CT molecular complexity index is 1390. The molecule has 8 nitrogen and oxygen atoms in total. The fraction of sp³-hybridized carbons (Fsp3) is 0.240. The summed E-state index contributed by atoms with van der Waals surface area (Å²) in [7, 11) is 1.33. The van der Waals surface area contributed by atoms with E-state index in [2.05, 4.69) is 42.7 Å². The first-order chi connectivity index (χ1) is 16.5. The minimum absolute atomic E-state index is 0.235. The van der Waals surface area contributed by atoms with Gasteiger partial charge < -0.3 is 24.3 Å². The second kappa shape index (κ2) is 9.34. The lowest BCUT2D eigenvalue weighted by molar-refractivity contribution is 0.0602. The summed E-state index contributed by atoms with van der Waals surface area (Å²) in [6, 6.07) is 16.8. The molecule has 1 fully saturated rings. The number of para-hydroxylation sites is 1. The zero-order valence-electron chi connectivity index (χ0n) is 18.7. The topological polar surface area (TPSA) is 79.2 Å². The van der Waals surface area contributed by atoms with E-state index in [1.54, 1.807) is 29.2 Å². The minimum atomic E-state index is -0.483. The molecule has 0 radical (unpaired) electrons. The van der Waals surface area contributed by atoms with Crippen LogP contribution in [-0.2, 0) is 4.74 Å². The Kier molecular flexibility index (Phi) is 6.10. The van der Waals surface area contributed by atoms with Gasteiger partial charge in [-0.1, -0.05) is 28.1 Å². The Balaban J connectivity index is 1.36. The number of rotatable bonds is 3. The van der Waals surface area contributed by atoms with E-state index < -0.39 is 5.97 Å². The average Bonchev–Trinajstić information content (AvgIpc) is 3.21. The Labute approximate surface area is 205 Å². The van der Waals surface area contributed by atoms with E-state index in [4.69, 9.17) is 9.72 Å². The standard InChI is InChI=1S/C25H24BrN5O3/c1-34-24(32)18-6-2-3-7-19(18)28-25(33)30-12-5-11-29(14-15-30)23-22-8-4-13-31(22)21-10-9-17(26)16-20(21)27-23/h2-4,6-10,13,16H,5,11-12,14-15H2,1H3,(H,28,33). The predicted octanol–water partition coefficient (Wildman–Crippen LogP) is 4.78. The number of benzene rings is 2. The number of nitrogens with one attached hydrogen (secondary N) is 1. The van der Waals surface area contributed by atoms with Crippen LogP contribution in [0.4, 0.5) is 16.3 Å². The van der Waals surface area contributed by atoms with Gasteiger partial charge in [-0.2, -0.15) is 0 Å². The van der Waals surface area contributed by atoms with E-state index in [1.165, 1.54) is 7.11 Å². The van der Waals surface area contributed by atoms with Crippen LogP contribution in [-0.4, -0.2) is 59.6 Å². The van der Waals surface area contributed by atoms with Crippen LogP contribution in [0.25, 0.3) is 16.6 Å². The summed E-state index contributed by atoms with van der Waals surface area (Å²) >= 11 is 3.55. The molecule has 1 aliphatic rings. The van der Waals surface area contributed by atoms with Crippen LogP contribution in [0, 0.1) is 0 Å². The largest absolute Gasteiger partial charge is 0.465 e. The van der Waals surface area contributed by atoms with Gasteiger partial charge in [0.25, 0.3) is 0 Å². The summed E-state index contributed by atoms with van der Waals surface area (Å²) in [5.74, 6) is 0.428. The van der Waals surface area contributed by atoms with Gasteiger partial charge in [0, 0.05) is 36.8 Å². The molecule has 2 aromatic carbocycles. The third-order valence-corrected chi connectivity index (χ3v) is 6.55. The van der Waals surface area contributed by atoms with E-state index in [0.29, 0.717) is 30.9 Å². The van der Waals surface area contributed by atoms with Crippen molar-refractivity contribution in [2.24, 2.45) is 0 Å². The van der Waals surface area contributed by atoms with E-state index in [9.17, 15) is 9.59 Å². The number of urea groups is 1. The van der Waals surface area contributed by atoms with Crippen LogP contribution in [0.5, 0.6) is 0 Å². The van der Waals surface area contributed by atoms with Gasteiger partial charge >= 0.3 is 12.0 Å². The van der Waals surface area contributed by atoms with Crippen molar-refractivity contribution >= 4 is 56.0 Å². The molecule has 174 valence electrons. The maximum atomic E-state index is 13.0. The van der Waals surface area contributed by atoms with Gasteiger partial charge in [0.2, 0.25) is 0 Å². The SMILES string of the molecule is COC(=O)c1ccccc1NC(=O)N1CCCN(c2nc3cc(Br)ccc3n3cccc23)CC1. The molecular weight excluding hydrogens is 498 g/mol. The number of nitrogens with zero attached hydrogens (tertiary/aromatic N) is 4. The van der Waals surface area contributed by atoms with Crippen LogP contribution in [0.1, 0.15) is 16.8 Å². The normalized spacial score (nSPS) is 14.3. The lowest BCUT2D eigenvalue weighted by atomic mass is 10.2. The van der Waals surface area contributed by atoms with Crippen molar-refractivity contribution in [2.45, 2.75) is 6.42 Å². The third-order valence-electron chi connectivity index (χ3n) is 6.06. The number of ether oxygens (including phenoxy) is 1. The molecule has 5 rings (SSSR count). The molecule has 0 saturated carbocycles. The highest BCUT2D eigenvalue weighted by Gasteiger charge is 2.23. The highest BCUT2D eigenvalue weighted by Crippen LogP contribution is 2.28. The minimum Gasteiger partial charge on any atom is -0.465 e. The molecule has 2 aromatic heterocycles. The first-order valence-electron chi connectivity index (χ1n) is 11.1. The lowest BCUT2D eigenvalue weighted by Gasteiger charge is -2.24. The number of halogens is 1. The monoisotopic (exact) mass is 521 g/mol. The van der Waals surface area contributed by atoms with Gasteiger partial charge in [0.1, 0.15) is 0 Å². The van der Waals surface area contributed by atoms with Crippen molar-refractivity contribution < 1.29 is 14.3 Å². The Morgan fingerprint density at radius 1 is 1.00 bits per heavy atom. The summed E-state index contributed by atoms with van der Waals surface area (Å²) in [5.41, 5.74) is 3.77. The van der Waals surface area contributed by atoms with Crippen molar-refractivity contribution in [1.82, 2.24) is 14.3 Å². The Morgan fingerprint density at radius 3 is 2.71 bits per heavy atom. The first kappa shape index (κ1) is 22.2. The molecule has 1 saturated heterocycles.